The molecule has 0 rings (SSSR count). The fourth-order valence-corrected chi connectivity index (χ4v) is 0.123. The van der Waals surface area contributed by atoms with Crippen LogP contribution < -0.4 is 0 Å². The van der Waals surface area contributed by atoms with Crippen LogP contribution in [-0.2, 0) is 4.74 Å². The van der Waals surface area contributed by atoms with E-state index in [4.69, 9.17) is 5.11 Å². The molecular weight excluding hydrogens is 108 g/mol. The van der Waals surface area contributed by atoms with Gasteiger partial charge in [-0.1, -0.05) is 13.8 Å². The lowest BCUT2D eigenvalue weighted by Gasteiger charge is -1.87. The van der Waals surface area contributed by atoms with Crippen LogP contribution in [0.5, 0.6) is 0 Å². The van der Waals surface area contributed by atoms with Crippen molar-refractivity contribution < 1.29 is 14.6 Å². The van der Waals surface area contributed by atoms with Gasteiger partial charge in [-0.25, -0.2) is 4.79 Å². The van der Waals surface area contributed by atoms with E-state index in [9.17, 15) is 4.79 Å². The Hall–Kier alpha value is -0.730. The first-order valence-electron chi connectivity index (χ1n) is 2.63. The van der Waals surface area contributed by atoms with Crippen LogP contribution >= 0.6 is 0 Å². The molecule has 0 aliphatic carbocycles. The van der Waals surface area contributed by atoms with Crippen LogP contribution in [0.3, 0.4) is 0 Å². The number of hydrogen-bond donors (Lipinski definition) is 1. The Morgan fingerprint density at radius 3 is 2.00 bits per heavy atom. The zero-order valence-corrected chi connectivity index (χ0v) is 5.47. The topological polar surface area (TPSA) is 46.5 Å². The zero-order chi connectivity index (χ0) is 6.99. The first-order valence-corrected chi connectivity index (χ1v) is 2.63. The lowest BCUT2D eigenvalue weighted by molar-refractivity contribution is 0.0966. The van der Waals surface area contributed by atoms with E-state index in [1.807, 2.05) is 13.8 Å². The van der Waals surface area contributed by atoms with Crippen molar-refractivity contribution in [3.8, 4) is 0 Å². The summed E-state index contributed by atoms with van der Waals surface area (Å²) in [5, 5.41) is 7.69. The number of hydrogen-bond acceptors (Lipinski definition) is 2. The summed E-state index contributed by atoms with van der Waals surface area (Å²) < 4.78 is 3.96. The summed E-state index contributed by atoms with van der Waals surface area (Å²) in [5.41, 5.74) is 0. The summed E-state index contributed by atoms with van der Waals surface area (Å²) in [4.78, 5) is 9.38. The van der Waals surface area contributed by atoms with E-state index in [-0.39, 0.29) is 6.61 Å². The molecule has 0 aliphatic heterocycles. The molecule has 3 nitrogen and oxygen atoms in total. The van der Waals surface area contributed by atoms with Gasteiger partial charge < -0.3 is 9.84 Å². The smallest absolute Gasteiger partial charge is 0.450 e. The van der Waals surface area contributed by atoms with E-state index in [0.717, 1.165) is 0 Å². The maximum absolute atomic E-state index is 9.38. The van der Waals surface area contributed by atoms with Crippen LogP contribution in [0.15, 0.2) is 0 Å². The minimum Gasteiger partial charge on any atom is -0.450 e. The summed E-state index contributed by atoms with van der Waals surface area (Å²) in [5.74, 6) is 0. The second kappa shape index (κ2) is 9.55. The van der Waals surface area contributed by atoms with Crippen molar-refractivity contribution in [2.24, 2.45) is 0 Å². The molecule has 3 heteroatoms. The van der Waals surface area contributed by atoms with E-state index in [0.29, 0.717) is 0 Å². The van der Waals surface area contributed by atoms with Crippen molar-refractivity contribution in [1.29, 1.82) is 0 Å². The molecule has 0 atom stereocenters. The van der Waals surface area contributed by atoms with E-state index in [2.05, 4.69) is 4.74 Å². The minimum absolute atomic E-state index is 0.231. The highest BCUT2D eigenvalue weighted by atomic mass is 16.7. The fraction of sp³-hybridized carbons (Fsp3) is 0.800. The third kappa shape index (κ3) is 18.6. The van der Waals surface area contributed by atoms with E-state index in [1.54, 1.807) is 6.92 Å². The molecule has 0 fully saturated rings. The second-order valence-corrected chi connectivity index (χ2v) is 0.699. The molecule has 0 aromatic rings. The Balaban J connectivity index is 0. The highest BCUT2D eigenvalue weighted by Gasteiger charge is 1.86. The van der Waals surface area contributed by atoms with Crippen molar-refractivity contribution in [3.63, 3.8) is 0 Å². The summed E-state index contributed by atoms with van der Waals surface area (Å²) in [6.45, 7) is 5.85. The maximum Gasteiger partial charge on any atom is 0.505 e. The average molecular weight is 120 g/mol. The van der Waals surface area contributed by atoms with Crippen LogP contribution in [0.4, 0.5) is 4.79 Å². The van der Waals surface area contributed by atoms with Crippen molar-refractivity contribution in [2.45, 2.75) is 20.8 Å². The van der Waals surface area contributed by atoms with Gasteiger partial charge in [0.05, 0.1) is 6.61 Å². The van der Waals surface area contributed by atoms with Crippen LogP contribution in [0, 0.1) is 0 Å². The van der Waals surface area contributed by atoms with Gasteiger partial charge >= 0.3 is 6.16 Å². The molecule has 0 amide bonds. The molecule has 0 radical (unpaired) electrons. The average Bonchev–Trinajstić information content (AvgIpc) is 1.72. The molecule has 1 N–H and O–H groups in total. The van der Waals surface area contributed by atoms with Crippen molar-refractivity contribution in [1.82, 2.24) is 0 Å². The Morgan fingerprint density at radius 2 is 2.00 bits per heavy atom. The molecule has 50 valence electrons. The van der Waals surface area contributed by atoms with Crippen molar-refractivity contribution >= 4 is 6.16 Å². The predicted octanol–water partition coefficient (Wildman–Crippen LogP) is 1.73. The third-order valence-electron chi connectivity index (χ3n) is 0.268. The molecule has 0 aliphatic rings. The maximum atomic E-state index is 9.38. The molecule has 0 saturated heterocycles. The van der Waals surface area contributed by atoms with Crippen LogP contribution in [0.2, 0.25) is 0 Å². The van der Waals surface area contributed by atoms with Gasteiger partial charge in [-0.05, 0) is 6.92 Å². The van der Waals surface area contributed by atoms with E-state index >= 15 is 0 Å². The Labute approximate surface area is 49.3 Å². The van der Waals surface area contributed by atoms with Gasteiger partial charge in [-0.15, -0.1) is 0 Å². The first kappa shape index (κ1) is 10.3. The fourth-order valence-electron chi connectivity index (χ4n) is 0.123. The highest BCUT2D eigenvalue weighted by Crippen LogP contribution is 1.69. The highest BCUT2D eigenvalue weighted by molar-refractivity contribution is 5.56. The van der Waals surface area contributed by atoms with E-state index in [1.165, 1.54) is 0 Å². The Morgan fingerprint density at radius 1 is 1.62 bits per heavy atom. The SMILES string of the molecule is CC.CCOC(=O)O. The van der Waals surface area contributed by atoms with Crippen molar-refractivity contribution in [3.05, 3.63) is 0 Å². The quantitative estimate of drug-likeness (QED) is 0.536. The van der Waals surface area contributed by atoms with Gasteiger partial charge in [-0.3, -0.25) is 0 Å². The third-order valence-corrected chi connectivity index (χ3v) is 0.268. The molecule has 0 aromatic heterocycles. The monoisotopic (exact) mass is 120 g/mol. The van der Waals surface area contributed by atoms with Crippen LogP contribution in [0.25, 0.3) is 0 Å². The predicted molar refractivity (Wildman–Crippen MR) is 31.0 cm³/mol. The van der Waals surface area contributed by atoms with Crippen LogP contribution in [-0.4, -0.2) is 17.9 Å². The summed E-state index contributed by atoms with van der Waals surface area (Å²) >= 11 is 0. The molecule has 0 aromatic carbocycles. The standard InChI is InChI=1S/C3H6O3.C2H6/c1-2-6-3(4)5;1-2/h2H2,1H3,(H,4,5);1-2H3. The normalized spacial score (nSPS) is 6.38. The molecule has 0 heterocycles. The number of carbonyl (C=O) groups is 1. The lowest BCUT2D eigenvalue weighted by atomic mass is 10.9. The Bertz CT molecular complexity index is 51.6. The van der Waals surface area contributed by atoms with Gasteiger partial charge in [0.15, 0.2) is 0 Å². The van der Waals surface area contributed by atoms with E-state index < -0.39 is 6.16 Å². The molecule has 0 bridgehead atoms. The van der Waals surface area contributed by atoms with Gasteiger partial charge in [0.1, 0.15) is 0 Å². The molecule has 8 heavy (non-hydrogen) atoms. The molecule has 0 spiro atoms. The molecular formula is C5H12O3. The molecule has 0 saturated carbocycles. The second-order valence-electron chi connectivity index (χ2n) is 0.699. The summed E-state index contributed by atoms with van der Waals surface area (Å²) in [7, 11) is 0. The summed E-state index contributed by atoms with van der Waals surface area (Å²) in [6.07, 6.45) is -1.21. The number of carboxylic acid groups (broad SMARTS) is 1. The largest absolute Gasteiger partial charge is 0.505 e. The van der Waals surface area contributed by atoms with Gasteiger partial charge in [-0.2, -0.15) is 0 Å². The van der Waals surface area contributed by atoms with Gasteiger partial charge in [0.25, 0.3) is 0 Å². The Kier molecular flexibility index (Phi) is 12.3. The van der Waals surface area contributed by atoms with Gasteiger partial charge in [0, 0.05) is 0 Å². The summed E-state index contributed by atoms with van der Waals surface area (Å²) in [6, 6.07) is 0. The lowest BCUT2D eigenvalue weighted by Crippen LogP contribution is -1.97. The molecule has 0 unspecified atom stereocenters. The number of ether oxygens (including phenoxy) is 1. The van der Waals surface area contributed by atoms with Gasteiger partial charge in [0.2, 0.25) is 0 Å². The minimum atomic E-state index is -1.21. The number of rotatable bonds is 1. The van der Waals surface area contributed by atoms with Crippen LogP contribution in [0.1, 0.15) is 20.8 Å². The first-order chi connectivity index (χ1) is 3.77. The zero-order valence-electron chi connectivity index (χ0n) is 5.47. The van der Waals surface area contributed by atoms with Crippen molar-refractivity contribution in [2.75, 3.05) is 6.61 Å².